The molecule has 2 amide bonds. The minimum Gasteiger partial charge on any atom is -0.451 e. The molecule has 0 aliphatic carbocycles. The largest absolute Gasteiger partial charge is 0.451 e. The third-order valence-corrected chi connectivity index (χ3v) is 3.70. The summed E-state index contributed by atoms with van der Waals surface area (Å²) in [5.41, 5.74) is 4.22. The number of anilines is 1. The van der Waals surface area contributed by atoms with Gasteiger partial charge >= 0.3 is 0 Å². The van der Waals surface area contributed by atoms with Crippen LogP contribution in [0.1, 0.15) is 20.9 Å². The summed E-state index contributed by atoms with van der Waals surface area (Å²) in [5.74, 6) is -0.455. The fourth-order valence-corrected chi connectivity index (χ4v) is 2.43. The highest BCUT2D eigenvalue weighted by atomic mass is 16.3. The van der Waals surface area contributed by atoms with Crippen molar-refractivity contribution >= 4 is 28.5 Å². The molecule has 0 saturated heterocycles. The van der Waals surface area contributed by atoms with Crippen LogP contribution in [-0.2, 0) is 0 Å². The summed E-state index contributed by atoms with van der Waals surface area (Å²) < 4.78 is 6.88. The van der Waals surface area contributed by atoms with Gasteiger partial charge in [0.15, 0.2) is 5.76 Å². The number of fused-ring (bicyclic) bond motifs is 1. The number of nitrogens with zero attached hydrogens (tertiary/aromatic N) is 3. The summed E-state index contributed by atoms with van der Waals surface area (Å²) in [5, 5.41) is 10.8. The van der Waals surface area contributed by atoms with Gasteiger partial charge in [-0.2, -0.15) is 0 Å². The van der Waals surface area contributed by atoms with Crippen molar-refractivity contribution in [1.29, 1.82) is 0 Å². The molecule has 0 radical (unpaired) electrons. The van der Waals surface area contributed by atoms with Crippen LogP contribution in [0.4, 0.5) is 5.69 Å². The molecule has 0 saturated carbocycles. The molecule has 0 aliphatic rings. The molecular weight excluding hydrogens is 334 g/mol. The monoisotopic (exact) mass is 347 g/mol. The maximum atomic E-state index is 12.3. The summed E-state index contributed by atoms with van der Waals surface area (Å²) >= 11 is 0. The third-order valence-electron chi connectivity index (χ3n) is 3.70. The molecule has 0 spiro atoms. The van der Waals surface area contributed by atoms with Gasteiger partial charge in [0.1, 0.15) is 18.2 Å². The van der Waals surface area contributed by atoms with E-state index >= 15 is 0 Å². The molecular formula is C18H13N5O3. The predicted molar refractivity (Wildman–Crippen MR) is 94.3 cm³/mol. The van der Waals surface area contributed by atoms with Gasteiger partial charge in [0.2, 0.25) is 0 Å². The molecule has 0 fully saturated rings. The lowest BCUT2D eigenvalue weighted by molar-refractivity contribution is 0.0995. The minimum absolute atomic E-state index is 0.223. The summed E-state index contributed by atoms with van der Waals surface area (Å²) in [4.78, 5) is 24.4. The van der Waals surface area contributed by atoms with Gasteiger partial charge in [-0.1, -0.05) is 18.2 Å². The van der Waals surface area contributed by atoms with Gasteiger partial charge < -0.3 is 9.73 Å². The van der Waals surface area contributed by atoms with E-state index < -0.39 is 0 Å². The van der Waals surface area contributed by atoms with E-state index in [2.05, 4.69) is 20.9 Å². The zero-order valence-electron chi connectivity index (χ0n) is 13.4. The molecule has 128 valence electrons. The van der Waals surface area contributed by atoms with Gasteiger partial charge in [0, 0.05) is 16.6 Å². The number of para-hydroxylation sites is 1. The number of aromatic nitrogens is 3. The zero-order valence-corrected chi connectivity index (χ0v) is 13.4. The van der Waals surface area contributed by atoms with E-state index in [-0.39, 0.29) is 17.6 Å². The van der Waals surface area contributed by atoms with Crippen molar-refractivity contribution in [3.8, 4) is 0 Å². The number of rotatable bonds is 4. The Balaban J connectivity index is 1.45. The average Bonchev–Trinajstić information content (AvgIpc) is 3.31. The van der Waals surface area contributed by atoms with Crippen LogP contribution in [0.3, 0.4) is 0 Å². The van der Waals surface area contributed by atoms with Crippen LogP contribution >= 0.6 is 0 Å². The van der Waals surface area contributed by atoms with Crippen molar-refractivity contribution in [3.05, 3.63) is 78.6 Å². The molecule has 26 heavy (non-hydrogen) atoms. The maximum Gasteiger partial charge on any atom is 0.291 e. The summed E-state index contributed by atoms with van der Waals surface area (Å²) in [6, 6.07) is 15.6. The van der Waals surface area contributed by atoms with Gasteiger partial charge in [-0.25, -0.2) is 4.68 Å². The molecule has 0 atom stereocenters. The lowest BCUT2D eigenvalue weighted by atomic mass is 10.2. The maximum absolute atomic E-state index is 12.3. The third kappa shape index (κ3) is 3.16. The molecule has 4 rings (SSSR count). The molecule has 0 bridgehead atoms. The van der Waals surface area contributed by atoms with Crippen molar-refractivity contribution in [2.75, 3.05) is 10.7 Å². The van der Waals surface area contributed by atoms with Gasteiger partial charge in [0.05, 0.1) is 0 Å². The smallest absolute Gasteiger partial charge is 0.291 e. The Morgan fingerprint density at radius 1 is 0.923 bits per heavy atom. The SMILES string of the molecule is O=C(Nn1cnnc1)c1ccc(NC(=O)c2cc3ccccc3o2)cc1. The van der Waals surface area contributed by atoms with Crippen LogP contribution in [0.5, 0.6) is 0 Å². The van der Waals surface area contributed by atoms with E-state index in [9.17, 15) is 9.59 Å². The number of amides is 2. The molecule has 2 aromatic carbocycles. The van der Waals surface area contributed by atoms with Gasteiger partial charge in [-0.3, -0.25) is 15.0 Å². The van der Waals surface area contributed by atoms with Gasteiger partial charge in [-0.05, 0) is 36.4 Å². The summed E-state index contributed by atoms with van der Waals surface area (Å²) in [6.07, 6.45) is 2.75. The normalized spacial score (nSPS) is 10.6. The van der Waals surface area contributed by atoms with Crippen LogP contribution < -0.4 is 10.7 Å². The van der Waals surface area contributed by atoms with Crippen molar-refractivity contribution in [2.45, 2.75) is 0 Å². The summed E-state index contributed by atoms with van der Waals surface area (Å²) in [7, 11) is 0. The second-order valence-corrected chi connectivity index (χ2v) is 5.49. The first kappa shape index (κ1) is 15.6. The quantitative estimate of drug-likeness (QED) is 0.591. The van der Waals surface area contributed by atoms with E-state index in [1.54, 1.807) is 36.4 Å². The first-order chi connectivity index (χ1) is 12.7. The van der Waals surface area contributed by atoms with Crippen molar-refractivity contribution < 1.29 is 14.0 Å². The number of carbonyl (C=O) groups excluding carboxylic acids is 2. The Morgan fingerprint density at radius 3 is 2.38 bits per heavy atom. The number of nitrogens with one attached hydrogen (secondary N) is 2. The second kappa shape index (κ2) is 6.52. The van der Waals surface area contributed by atoms with E-state index in [0.29, 0.717) is 16.8 Å². The first-order valence-corrected chi connectivity index (χ1v) is 7.75. The highest BCUT2D eigenvalue weighted by molar-refractivity contribution is 6.05. The second-order valence-electron chi connectivity index (χ2n) is 5.49. The Bertz CT molecular complexity index is 1030. The Hall–Kier alpha value is -3.94. The lowest BCUT2D eigenvalue weighted by Crippen LogP contribution is -2.21. The highest BCUT2D eigenvalue weighted by Crippen LogP contribution is 2.20. The number of furan rings is 1. The number of benzene rings is 2. The van der Waals surface area contributed by atoms with Crippen LogP contribution in [0.2, 0.25) is 0 Å². The van der Waals surface area contributed by atoms with E-state index in [0.717, 1.165) is 5.39 Å². The van der Waals surface area contributed by atoms with Crippen molar-refractivity contribution in [2.24, 2.45) is 0 Å². The van der Waals surface area contributed by atoms with Crippen LogP contribution in [0.25, 0.3) is 11.0 Å². The molecule has 2 N–H and O–H groups in total. The predicted octanol–water partition coefficient (Wildman–Crippen LogP) is 2.66. The molecule has 2 heterocycles. The van der Waals surface area contributed by atoms with E-state index in [1.807, 2.05) is 18.2 Å². The molecule has 0 unspecified atom stereocenters. The fraction of sp³-hybridized carbons (Fsp3) is 0. The van der Waals surface area contributed by atoms with E-state index in [4.69, 9.17) is 4.42 Å². The number of hydrogen-bond donors (Lipinski definition) is 2. The van der Waals surface area contributed by atoms with Gasteiger partial charge in [-0.15, -0.1) is 10.2 Å². The van der Waals surface area contributed by atoms with Crippen LogP contribution in [0, 0.1) is 0 Å². The van der Waals surface area contributed by atoms with Crippen LogP contribution in [-0.4, -0.2) is 26.7 Å². The average molecular weight is 347 g/mol. The minimum atomic E-state index is -0.358. The van der Waals surface area contributed by atoms with Crippen molar-refractivity contribution in [3.63, 3.8) is 0 Å². The number of hydrogen-bond acceptors (Lipinski definition) is 5. The lowest BCUT2D eigenvalue weighted by Gasteiger charge is -2.06. The zero-order chi connectivity index (χ0) is 17.9. The fourth-order valence-electron chi connectivity index (χ4n) is 2.43. The Morgan fingerprint density at radius 2 is 1.65 bits per heavy atom. The molecule has 4 aromatic rings. The van der Waals surface area contributed by atoms with E-state index in [1.165, 1.54) is 17.3 Å². The Kier molecular flexibility index (Phi) is 3.91. The summed E-state index contributed by atoms with van der Waals surface area (Å²) in [6.45, 7) is 0. The molecule has 2 aromatic heterocycles. The molecule has 8 nitrogen and oxygen atoms in total. The molecule has 0 aliphatic heterocycles. The first-order valence-electron chi connectivity index (χ1n) is 7.75. The molecule has 8 heteroatoms. The highest BCUT2D eigenvalue weighted by Gasteiger charge is 2.13. The Labute approximate surface area is 147 Å². The topological polar surface area (TPSA) is 102 Å². The van der Waals surface area contributed by atoms with Gasteiger partial charge in [0.25, 0.3) is 11.8 Å². The standard InChI is InChI=1S/C18H13N5O3/c24-17(22-23-10-19-20-11-23)12-5-7-14(8-6-12)21-18(25)16-9-13-3-1-2-4-15(13)26-16/h1-11H,(H,21,25)(H,22,24). The van der Waals surface area contributed by atoms with Crippen LogP contribution in [0.15, 0.2) is 71.7 Å². The number of carbonyl (C=O) groups is 2. The van der Waals surface area contributed by atoms with Crippen molar-refractivity contribution in [1.82, 2.24) is 14.9 Å².